The Kier molecular flexibility index (Phi) is 2.93. The van der Waals surface area contributed by atoms with Gasteiger partial charge in [0.2, 0.25) is 0 Å². The lowest BCUT2D eigenvalue weighted by Gasteiger charge is -2.30. The number of rotatable bonds is 0. The van der Waals surface area contributed by atoms with Crippen molar-refractivity contribution in [2.75, 3.05) is 6.54 Å². The number of aromatic nitrogens is 2. The van der Waals surface area contributed by atoms with Gasteiger partial charge in [-0.3, -0.25) is 4.68 Å². The van der Waals surface area contributed by atoms with E-state index in [1.807, 2.05) is 11.6 Å². The first kappa shape index (κ1) is 11.2. The lowest BCUT2D eigenvalue weighted by atomic mass is 10.2. The van der Waals surface area contributed by atoms with Crippen molar-refractivity contribution in [3.8, 4) is 0 Å². The molecule has 5 nitrogen and oxygen atoms in total. The van der Waals surface area contributed by atoms with Crippen LogP contribution in [0.1, 0.15) is 18.7 Å². The molecule has 0 radical (unpaired) electrons. The minimum atomic E-state index is -0.874. The van der Waals surface area contributed by atoms with Gasteiger partial charge in [-0.2, -0.15) is 5.10 Å². The van der Waals surface area contributed by atoms with Gasteiger partial charge in [0.05, 0.1) is 21.9 Å². The van der Waals surface area contributed by atoms with Crippen molar-refractivity contribution >= 4 is 44.6 Å². The average Bonchev–Trinajstić information content (AvgIpc) is 2.45. The molecular formula is C8H9BrIN3O2. The molecule has 0 aromatic carbocycles. The van der Waals surface area contributed by atoms with Crippen LogP contribution in [0.15, 0.2) is 4.60 Å². The number of amides is 1. The standard InChI is InChI=1S/C8H9BrIN3O2/c1-4-2-12(8(14)15)3-5-6(10)7(9)11-13(4)5/h4H,2-3H2,1H3,(H,14,15). The average molecular weight is 386 g/mol. The number of fused-ring (bicyclic) bond motifs is 1. The molecule has 1 amide bonds. The van der Waals surface area contributed by atoms with Gasteiger partial charge in [-0.15, -0.1) is 0 Å². The van der Waals surface area contributed by atoms with Crippen LogP contribution in [0.4, 0.5) is 4.79 Å². The van der Waals surface area contributed by atoms with E-state index < -0.39 is 6.09 Å². The molecule has 0 saturated carbocycles. The molecule has 0 spiro atoms. The Labute approximate surface area is 109 Å². The highest BCUT2D eigenvalue weighted by Gasteiger charge is 2.28. The number of hydrogen-bond donors (Lipinski definition) is 1. The fourth-order valence-corrected chi connectivity index (χ4v) is 2.64. The summed E-state index contributed by atoms with van der Waals surface area (Å²) in [5.74, 6) is 0. The van der Waals surface area contributed by atoms with E-state index in [0.29, 0.717) is 13.1 Å². The van der Waals surface area contributed by atoms with E-state index in [1.165, 1.54) is 4.90 Å². The molecule has 0 saturated heterocycles. The van der Waals surface area contributed by atoms with Gasteiger partial charge in [0.25, 0.3) is 0 Å². The molecule has 2 rings (SSSR count). The molecule has 2 heterocycles. The van der Waals surface area contributed by atoms with Crippen molar-refractivity contribution in [3.05, 3.63) is 13.9 Å². The second kappa shape index (κ2) is 3.93. The Hall–Kier alpha value is -0.310. The number of halogens is 2. The van der Waals surface area contributed by atoms with E-state index in [4.69, 9.17) is 5.11 Å². The predicted molar refractivity (Wildman–Crippen MR) is 65.8 cm³/mol. The topological polar surface area (TPSA) is 58.4 Å². The Bertz CT molecular complexity index is 420. The second-order valence-electron chi connectivity index (χ2n) is 3.51. The summed E-state index contributed by atoms with van der Waals surface area (Å²) in [7, 11) is 0. The molecule has 1 aliphatic rings. The summed E-state index contributed by atoms with van der Waals surface area (Å²) in [5.41, 5.74) is 0.962. The van der Waals surface area contributed by atoms with Crippen LogP contribution in [-0.4, -0.2) is 32.4 Å². The molecule has 0 fully saturated rings. The van der Waals surface area contributed by atoms with Gasteiger partial charge >= 0.3 is 6.09 Å². The highest BCUT2D eigenvalue weighted by molar-refractivity contribution is 14.1. The van der Waals surface area contributed by atoms with Crippen LogP contribution < -0.4 is 0 Å². The van der Waals surface area contributed by atoms with Crippen molar-refractivity contribution in [2.24, 2.45) is 0 Å². The van der Waals surface area contributed by atoms with E-state index >= 15 is 0 Å². The first-order valence-electron chi connectivity index (χ1n) is 4.41. The molecule has 1 aromatic rings. The zero-order valence-electron chi connectivity index (χ0n) is 7.94. The van der Waals surface area contributed by atoms with Crippen molar-refractivity contribution in [1.29, 1.82) is 0 Å². The first-order chi connectivity index (χ1) is 7.00. The third-order valence-corrected chi connectivity index (χ3v) is 4.85. The van der Waals surface area contributed by atoms with Crippen LogP contribution >= 0.6 is 38.5 Å². The van der Waals surface area contributed by atoms with Crippen LogP contribution in [0, 0.1) is 3.57 Å². The molecule has 1 atom stereocenters. The molecule has 0 bridgehead atoms. The van der Waals surface area contributed by atoms with Gasteiger partial charge in [-0.25, -0.2) is 4.79 Å². The third-order valence-electron chi connectivity index (χ3n) is 2.42. The van der Waals surface area contributed by atoms with Crippen molar-refractivity contribution in [1.82, 2.24) is 14.7 Å². The number of hydrogen-bond acceptors (Lipinski definition) is 2. The molecule has 15 heavy (non-hydrogen) atoms. The van der Waals surface area contributed by atoms with E-state index in [2.05, 4.69) is 43.6 Å². The minimum absolute atomic E-state index is 0.0877. The Morgan fingerprint density at radius 3 is 3.00 bits per heavy atom. The maximum absolute atomic E-state index is 10.9. The number of nitrogens with zero attached hydrogens (tertiary/aromatic N) is 3. The van der Waals surface area contributed by atoms with E-state index in [1.54, 1.807) is 0 Å². The van der Waals surface area contributed by atoms with E-state index in [0.717, 1.165) is 13.9 Å². The van der Waals surface area contributed by atoms with Gasteiger partial charge in [-0.05, 0) is 45.4 Å². The van der Waals surface area contributed by atoms with Gasteiger partial charge in [-0.1, -0.05) is 0 Å². The third kappa shape index (κ3) is 1.86. The van der Waals surface area contributed by atoms with E-state index in [-0.39, 0.29) is 6.04 Å². The lowest BCUT2D eigenvalue weighted by Crippen LogP contribution is -2.39. The maximum atomic E-state index is 10.9. The largest absolute Gasteiger partial charge is 0.465 e. The summed E-state index contributed by atoms with van der Waals surface area (Å²) in [6.45, 7) is 2.87. The van der Waals surface area contributed by atoms with Crippen molar-refractivity contribution in [3.63, 3.8) is 0 Å². The van der Waals surface area contributed by atoms with Crippen LogP contribution in [0.3, 0.4) is 0 Å². The Morgan fingerprint density at radius 2 is 2.40 bits per heavy atom. The quantitative estimate of drug-likeness (QED) is 0.697. The summed E-state index contributed by atoms with van der Waals surface area (Å²) in [6.07, 6.45) is -0.874. The van der Waals surface area contributed by atoms with Crippen molar-refractivity contribution in [2.45, 2.75) is 19.5 Å². The normalized spacial score (nSPS) is 20.2. The lowest BCUT2D eigenvalue weighted by molar-refractivity contribution is 0.122. The molecule has 1 N–H and O–H groups in total. The predicted octanol–water partition coefficient (Wildman–Crippen LogP) is 2.30. The van der Waals surface area contributed by atoms with Crippen molar-refractivity contribution < 1.29 is 9.90 Å². The van der Waals surface area contributed by atoms with Crippen LogP contribution in [0.25, 0.3) is 0 Å². The highest BCUT2D eigenvalue weighted by Crippen LogP contribution is 2.29. The summed E-state index contributed by atoms with van der Waals surface area (Å²) in [4.78, 5) is 12.3. The zero-order valence-corrected chi connectivity index (χ0v) is 11.7. The molecule has 1 aromatic heterocycles. The van der Waals surface area contributed by atoms with E-state index in [9.17, 15) is 4.79 Å². The smallest absolute Gasteiger partial charge is 0.407 e. The van der Waals surface area contributed by atoms with Crippen LogP contribution in [0.5, 0.6) is 0 Å². The fraction of sp³-hybridized carbons (Fsp3) is 0.500. The zero-order chi connectivity index (χ0) is 11.2. The Morgan fingerprint density at radius 1 is 1.73 bits per heavy atom. The summed E-state index contributed by atoms with van der Waals surface area (Å²) < 4.78 is 3.67. The van der Waals surface area contributed by atoms with Crippen LogP contribution in [-0.2, 0) is 6.54 Å². The summed E-state index contributed by atoms with van der Waals surface area (Å²) >= 11 is 5.53. The first-order valence-corrected chi connectivity index (χ1v) is 6.28. The SMILES string of the molecule is CC1CN(C(=O)O)Cc2c(I)c(Br)nn21. The number of carbonyl (C=O) groups is 1. The molecule has 7 heteroatoms. The second-order valence-corrected chi connectivity index (χ2v) is 5.34. The summed E-state index contributed by atoms with van der Waals surface area (Å²) in [6, 6.07) is 0.0877. The fourth-order valence-electron chi connectivity index (χ4n) is 1.71. The molecular weight excluding hydrogens is 377 g/mol. The van der Waals surface area contributed by atoms with Gasteiger partial charge < -0.3 is 10.0 Å². The Balaban J connectivity index is 2.41. The van der Waals surface area contributed by atoms with Crippen LogP contribution in [0.2, 0.25) is 0 Å². The summed E-state index contributed by atoms with van der Waals surface area (Å²) in [5, 5.41) is 13.3. The molecule has 82 valence electrons. The molecule has 1 unspecified atom stereocenters. The maximum Gasteiger partial charge on any atom is 0.407 e. The highest BCUT2D eigenvalue weighted by atomic mass is 127. The van der Waals surface area contributed by atoms with Gasteiger partial charge in [0, 0.05) is 6.54 Å². The molecule has 0 aliphatic carbocycles. The minimum Gasteiger partial charge on any atom is -0.465 e. The van der Waals surface area contributed by atoms with Gasteiger partial charge in [0.1, 0.15) is 4.60 Å². The van der Waals surface area contributed by atoms with Gasteiger partial charge in [0.15, 0.2) is 0 Å². The monoisotopic (exact) mass is 385 g/mol. The number of carboxylic acid groups (broad SMARTS) is 1. The molecule has 1 aliphatic heterocycles.